The maximum Gasteiger partial charge on any atom is 0.322 e. The van der Waals surface area contributed by atoms with Gasteiger partial charge < -0.3 is 10.2 Å². The Hall–Kier alpha value is -1.62. The number of nitrogens with one attached hydrogen (secondary N) is 1. The fourth-order valence-corrected chi connectivity index (χ4v) is 5.74. The van der Waals surface area contributed by atoms with Crippen LogP contribution in [-0.2, 0) is 0 Å². The van der Waals surface area contributed by atoms with Crippen LogP contribution in [-0.4, -0.2) is 47.5 Å². The minimum absolute atomic E-state index is 0.0103. The van der Waals surface area contributed by atoms with Crippen LogP contribution >= 0.6 is 0 Å². The maximum atomic E-state index is 13.2. The average molecular weight is 374 g/mol. The number of unbranched alkanes of at least 4 members (excludes halogenated alkanes) is 1. The number of amides is 2. The van der Waals surface area contributed by atoms with Gasteiger partial charge in [-0.3, -0.25) is 4.90 Å². The first-order valence-electron chi connectivity index (χ1n) is 10.7. The normalized spacial score (nSPS) is 30.7. The van der Waals surface area contributed by atoms with Crippen LogP contribution in [0.3, 0.4) is 0 Å². The Morgan fingerprint density at radius 3 is 2.67 bits per heavy atom. The van der Waals surface area contributed by atoms with E-state index in [4.69, 9.17) is 0 Å². The Balaban J connectivity index is 1.55. The van der Waals surface area contributed by atoms with Crippen molar-refractivity contribution in [3.8, 4) is 0 Å². The SMILES string of the molecule is CCCC[C@@H]1[C@H]2CCCN3CCC[C@@H](CN1C(=O)Nc1ccc(F)cc1)[C@@H]23. The second kappa shape index (κ2) is 8.17. The highest BCUT2D eigenvalue weighted by Crippen LogP contribution is 2.43. The number of carbonyl (C=O) groups excluding carboxylic acids is 1. The lowest BCUT2D eigenvalue weighted by atomic mass is 9.69. The predicted octanol–water partition coefficient (Wildman–Crippen LogP) is 4.72. The van der Waals surface area contributed by atoms with E-state index in [1.165, 1.54) is 57.3 Å². The molecule has 1 aromatic carbocycles. The summed E-state index contributed by atoms with van der Waals surface area (Å²) in [6.07, 6.45) is 8.40. The minimum Gasteiger partial charge on any atom is -0.321 e. The first-order valence-corrected chi connectivity index (χ1v) is 10.7. The van der Waals surface area contributed by atoms with Gasteiger partial charge in [-0.15, -0.1) is 0 Å². The Labute approximate surface area is 162 Å². The maximum absolute atomic E-state index is 13.2. The molecule has 1 aromatic rings. The lowest BCUT2D eigenvalue weighted by Gasteiger charge is -2.57. The van der Waals surface area contributed by atoms with E-state index in [0.717, 1.165) is 19.4 Å². The molecule has 0 bridgehead atoms. The van der Waals surface area contributed by atoms with Gasteiger partial charge in [0, 0.05) is 24.3 Å². The summed E-state index contributed by atoms with van der Waals surface area (Å²) in [5, 5.41) is 3.02. The van der Waals surface area contributed by atoms with Gasteiger partial charge in [0.05, 0.1) is 0 Å². The zero-order chi connectivity index (χ0) is 18.8. The van der Waals surface area contributed by atoms with Crippen molar-refractivity contribution in [3.05, 3.63) is 30.1 Å². The molecule has 4 rings (SSSR count). The monoisotopic (exact) mass is 373 g/mol. The summed E-state index contributed by atoms with van der Waals surface area (Å²) in [5.41, 5.74) is 0.673. The number of urea groups is 1. The van der Waals surface area contributed by atoms with Crippen LogP contribution in [0.15, 0.2) is 24.3 Å². The summed E-state index contributed by atoms with van der Waals surface area (Å²) in [6, 6.07) is 7.07. The van der Waals surface area contributed by atoms with Gasteiger partial charge in [0.1, 0.15) is 5.82 Å². The number of piperidine rings is 3. The summed E-state index contributed by atoms with van der Waals surface area (Å²) < 4.78 is 13.2. The fourth-order valence-electron chi connectivity index (χ4n) is 5.74. The third-order valence-electron chi connectivity index (χ3n) is 6.88. The molecule has 3 saturated heterocycles. The van der Waals surface area contributed by atoms with Crippen molar-refractivity contribution in [2.45, 2.75) is 64.0 Å². The predicted molar refractivity (Wildman–Crippen MR) is 106 cm³/mol. The standard InChI is InChI=1S/C22H32FN3O/c1-2-3-8-20-19-7-5-14-25-13-4-6-16(21(19)25)15-26(20)22(27)24-18-11-9-17(23)10-12-18/h9-12,16,19-21H,2-8,13-15H2,1H3,(H,24,27)/t16-,19+,20+,21-/m0/s1. The van der Waals surface area contributed by atoms with E-state index >= 15 is 0 Å². The van der Waals surface area contributed by atoms with Crippen LogP contribution in [0.5, 0.6) is 0 Å². The highest BCUT2D eigenvalue weighted by molar-refractivity contribution is 5.89. The molecule has 4 nitrogen and oxygen atoms in total. The Bertz CT molecular complexity index is 647. The van der Waals surface area contributed by atoms with Crippen molar-refractivity contribution in [2.24, 2.45) is 11.8 Å². The topological polar surface area (TPSA) is 35.6 Å². The Morgan fingerprint density at radius 2 is 1.93 bits per heavy atom. The molecular formula is C22H32FN3O. The molecule has 3 fully saturated rings. The van der Waals surface area contributed by atoms with E-state index < -0.39 is 0 Å². The summed E-state index contributed by atoms with van der Waals surface area (Å²) in [4.78, 5) is 18.0. The van der Waals surface area contributed by atoms with Crippen molar-refractivity contribution in [1.29, 1.82) is 0 Å². The molecule has 1 N–H and O–H groups in total. The Morgan fingerprint density at radius 1 is 1.19 bits per heavy atom. The Kier molecular flexibility index (Phi) is 5.67. The molecule has 0 radical (unpaired) electrons. The molecule has 0 aromatic heterocycles. The third kappa shape index (κ3) is 3.84. The van der Waals surface area contributed by atoms with E-state index in [0.29, 0.717) is 29.6 Å². The van der Waals surface area contributed by atoms with Crippen LogP contribution in [0, 0.1) is 17.7 Å². The van der Waals surface area contributed by atoms with Crippen LogP contribution < -0.4 is 5.32 Å². The molecule has 2 amide bonds. The van der Waals surface area contributed by atoms with Crippen molar-refractivity contribution in [3.63, 3.8) is 0 Å². The quantitative estimate of drug-likeness (QED) is 0.829. The van der Waals surface area contributed by atoms with Gasteiger partial charge in [-0.25, -0.2) is 9.18 Å². The van der Waals surface area contributed by atoms with Gasteiger partial charge in [0.15, 0.2) is 0 Å². The van der Waals surface area contributed by atoms with E-state index in [-0.39, 0.29) is 11.8 Å². The summed E-state index contributed by atoms with van der Waals surface area (Å²) in [5.74, 6) is 0.920. The van der Waals surface area contributed by atoms with Crippen molar-refractivity contribution in [2.75, 3.05) is 25.0 Å². The minimum atomic E-state index is -0.279. The number of carbonyl (C=O) groups is 1. The first kappa shape index (κ1) is 18.7. The lowest BCUT2D eigenvalue weighted by Crippen LogP contribution is -2.66. The number of likely N-dealkylation sites (tertiary alicyclic amines) is 1. The third-order valence-corrected chi connectivity index (χ3v) is 6.88. The molecule has 148 valence electrons. The molecule has 0 saturated carbocycles. The zero-order valence-corrected chi connectivity index (χ0v) is 16.4. The molecule has 4 atom stereocenters. The molecule has 0 unspecified atom stereocenters. The van der Waals surface area contributed by atoms with Gasteiger partial charge in [-0.1, -0.05) is 19.8 Å². The number of hydrogen-bond acceptors (Lipinski definition) is 2. The number of halogens is 1. The highest BCUT2D eigenvalue weighted by atomic mass is 19.1. The van der Waals surface area contributed by atoms with E-state index in [2.05, 4.69) is 22.0 Å². The van der Waals surface area contributed by atoms with E-state index in [1.807, 2.05) is 0 Å². The van der Waals surface area contributed by atoms with Crippen LogP contribution in [0.4, 0.5) is 14.9 Å². The van der Waals surface area contributed by atoms with Gasteiger partial charge in [-0.05, 0) is 81.3 Å². The highest BCUT2D eigenvalue weighted by Gasteiger charge is 2.49. The van der Waals surface area contributed by atoms with E-state index in [9.17, 15) is 9.18 Å². The number of rotatable bonds is 4. The van der Waals surface area contributed by atoms with E-state index in [1.54, 1.807) is 12.1 Å². The molecule has 5 heteroatoms. The second-order valence-electron chi connectivity index (χ2n) is 8.53. The average Bonchev–Trinajstić information content (AvgIpc) is 2.69. The fraction of sp³-hybridized carbons (Fsp3) is 0.682. The van der Waals surface area contributed by atoms with Crippen LogP contribution in [0.1, 0.15) is 51.9 Å². The molecular weight excluding hydrogens is 341 g/mol. The molecule has 3 heterocycles. The van der Waals surface area contributed by atoms with Crippen molar-refractivity contribution >= 4 is 11.7 Å². The molecule has 3 aliphatic heterocycles. The molecule has 0 spiro atoms. The van der Waals surface area contributed by atoms with Gasteiger partial charge >= 0.3 is 6.03 Å². The number of anilines is 1. The summed E-state index contributed by atoms with van der Waals surface area (Å²) >= 11 is 0. The van der Waals surface area contributed by atoms with Gasteiger partial charge in [0.25, 0.3) is 0 Å². The summed E-state index contributed by atoms with van der Waals surface area (Å²) in [7, 11) is 0. The van der Waals surface area contributed by atoms with Crippen molar-refractivity contribution in [1.82, 2.24) is 9.80 Å². The summed E-state index contributed by atoms with van der Waals surface area (Å²) in [6.45, 7) is 5.56. The van der Waals surface area contributed by atoms with Crippen LogP contribution in [0.25, 0.3) is 0 Å². The van der Waals surface area contributed by atoms with Crippen molar-refractivity contribution < 1.29 is 9.18 Å². The van der Waals surface area contributed by atoms with Gasteiger partial charge in [0.2, 0.25) is 0 Å². The lowest BCUT2D eigenvalue weighted by molar-refractivity contribution is -0.0617. The molecule has 0 aliphatic carbocycles. The number of benzene rings is 1. The zero-order valence-electron chi connectivity index (χ0n) is 16.4. The smallest absolute Gasteiger partial charge is 0.321 e. The second-order valence-corrected chi connectivity index (χ2v) is 8.53. The number of nitrogens with zero attached hydrogens (tertiary/aromatic N) is 2. The van der Waals surface area contributed by atoms with Gasteiger partial charge in [-0.2, -0.15) is 0 Å². The van der Waals surface area contributed by atoms with Crippen LogP contribution in [0.2, 0.25) is 0 Å². The molecule has 3 aliphatic rings. The number of hydrogen-bond donors (Lipinski definition) is 1. The largest absolute Gasteiger partial charge is 0.322 e. The molecule has 27 heavy (non-hydrogen) atoms. The first-order chi connectivity index (χ1) is 13.2.